The molecule has 0 fully saturated rings. The Balaban J connectivity index is 2.23. The van der Waals surface area contributed by atoms with E-state index in [2.05, 4.69) is 91.7 Å². The summed E-state index contributed by atoms with van der Waals surface area (Å²) in [5, 5.41) is 2.45. The van der Waals surface area contributed by atoms with Crippen molar-refractivity contribution in [3.8, 4) is 0 Å². The van der Waals surface area contributed by atoms with E-state index in [4.69, 9.17) is 0 Å². The number of aryl methyl sites for hydroxylation is 1. The van der Waals surface area contributed by atoms with Crippen LogP contribution in [0.25, 0.3) is 10.8 Å². The van der Waals surface area contributed by atoms with Crippen LogP contribution in [-0.2, 0) is 0 Å². The van der Waals surface area contributed by atoms with Crippen molar-refractivity contribution in [2.24, 2.45) is 0 Å². The molecular formula is C23H21N. The lowest BCUT2D eigenvalue weighted by molar-refractivity contribution is 1.19. The van der Waals surface area contributed by atoms with Crippen molar-refractivity contribution >= 4 is 22.1 Å². The molecule has 0 aromatic heterocycles. The molecule has 0 spiro atoms. The zero-order chi connectivity index (χ0) is 16.9. The third-order valence-electron chi connectivity index (χ3n) is 4.10. The highest BCUT2D eigenvalue weighted by Gasteiger charge is 2.14. The smallest absolute Gasteiger partial charge is 0.0490 e. The van der Waals surface area contributed by atoms with E-state index in [9.17, 15) is 0 Å². The predicted molar refractivity (Wildman–Crippen MR) is 106 cm³/mol. The number of hydrogen-bond acceptors (Lipinski definition) is 1. The van der Waals surface area contributed by atoms with Gasteiger partial charge in [-0.15, -0.1) is 0 Å². The maximum absolute atomic E-state index is 3.99. The van der Waals surface area contributed by atoms with Gasteiger partial charge in [0, 0.05) is 17.1 Å². The highest BCUT2D eigenvalue weighted by atomic mass is 15.1. The molecule has 0 aliphatic rings. The van der Waals surface area contributed by atoms with Gasteiger partial charge in [0.05, 0.1) is 0 Å². The Morgan fingerprint density at radius 3 is 2.29 bits per heavy atom. The predicted octanol–water partition coefficient (Wildman–Crippen LogP) is 6.54. The fraction of sp³-hybridized carbons (Fsp3) is 0.0435. The van der Waals surface area contributed by atoms with Gasteiger partial charge in [-0.1, -0.05) is 67.8 Å². The van der Waals surface area contributed by atoms with Crippen molar-refractivity contribution in [3.05, 3.63) is 109 Å². The Bertz CT molecular complexity index is 918. The van der Waals surface area contributed by atoms with Crippen LogP contribution in [0, 0.1) is 6.92 Å². The number of nitrogens with zero attached hydrogens (tertiary/aromatic N) is 1. The van der Waals surface area contributed by atoms with E-state index >= 15 is 0 Å². The van der Waals surface area contributed by atoms with Crippen LogP contribution < -0.4 is 4.90 Å². The van der Waals surface area contributed by atoms with Crippen molar-refractivity contribution in [3.63, 3.8) is 0 Å². The standard InChI is InChI=1S/C23H21N/c1-4-10-21(5-2)24(23-14-9-6-11-18(23)3)22-16-15-19-12-7-8-13-20(19)17-22/h4-17H,1-2H2,3H3/b21-10+. The third kappa shape index (κ3) is 3.02. The summed E-state index contributed by atoms with van der Waals surface area (Å²) in [4.78, 5) is 2.22. The first-order chi connectivity index (χ1) is 11.7. The number of anilines is 2. The van der Waals surface area contributed by atoms with Crippen LogP contribution in [0.5, 0.6) is 0 Å². The van der Waals surface area contributed by atoms with Crippen molar-refractivity contribution in [1.82, 2.24) is 0 Å². The molecule has 0 amide bonds. The second-order valence-corrected chi connectivity index (χ2v) is 5.68. The number of allylic oxidation sites excluding steroid dienone is 3. The van der Waals surface area contributed by atoms with Crippen LogP contribution in [0.2, 0.25) is 0 Å². The van der Waals surface area contributed by atoms with Gasteiger partial charge in [0.25, 0.3) is 0 Å². The van der Waals surface area contributed by atoms with E-state index in [1.165, 1.54) is 16.3 Å². The Hall–Kier alpha value is -3.06. The van der Waals surface area contributed by atoms with Crippen molar-refractivity contribution in [2.45, 2.75) is 6.92 Å². The van der Waals surface area contributed by atoms with Gasteiger partial charge < -0.3 is 4.90 Å². The minimum Gasteiger partial charge on any atom is -0.310 e. The van der Waals surface area contributed by atoms with Crippen LogP contribution in [-0.4, -0.2) is 0 Å². The number of rotatable bonds is 5. The minimum atomic E-state index is 0.995. The lowest BCUT2D eigenvalue weighted by atomic mass is 10.1. The average Bonchev–Trinajstić information content (AvgIpc) is 2.62. The molecule has 0 aliphatic heterocycles. The molecular weight excluding hydrogens is 290 g/mol. The maximum atomic E-state index is 3.99. The molecule has 0 N–H and O–H groups in total. The van der Waals surface area contributed by atoms with Gasteiger partial charge in [-0.2, -0.15) is 0 Å². The lowest BCUT2D eigenvalue weighted by Crippen LogP contribution is -2.16. The van der Waals surface area contributed by atoms with Gasteiger partial charge in [0.1, 0.15) is 0 Å². The molecule has 1 heteroatoms. The Kier molecular flexibility index (Phi) is 4.62. The summed E-state index contributed by atoms with van der Waals surface area (Å²) in [6, 6.07) is 23.3. The molecule has 3 aromatic carbocycles. The normalized spacial score (nSPS) is 11.3. The van der Waals surface area contributed by atoms with Gasteiger partial charge in [-0.05, 0) is 53.6 Å². The van der Waals surface area contributed by atoms with Crippen LogP contribution in [0.3, 0.4) is 0 Å². The van der Waals surface area contributed by atoms with Gasteiger partial charge in [-0.25, -0.2) is 0 Å². The number of hydrogen-bond donors (Lipinski definition) is 0. The summed E-state index contributed by atoms with van der Waals surface area (Å²) in [7, 11) is 0. The Morgan fingerprint density at radius 2 is 1.58 bits per heavy atom. The first-order valence-corrected chi connectivity index (χ1v) is 8.04. The maximum Gasteiger partial charge on any atom is 0.0490 e. The van der Waals surface area contributed by atoms with Crippen molar-refractivity contribution < 1.29 is 0 Å². The molecule has 24 heavy (non-hydrogen) atoms. The first-order valence-electron chi connectivity index (χ1n) is 8.04. The summed E-state index contributed by atoms with van der Waals surface area (Å²) in [6.45, 7) is 9.95. The van der Waals surface area contributed by atoms with E-state index in [0.29, 0.717) is 0 Å². The topological polar surface area (TPSA) is 3.24 Å². The van der Waals surface area contributed by atoms with E-state index in [0.717, 1.165) is 17.1 Å². The molecule has 0 atom stereocenters. The van der Waals surface area contributed by atoms with Gasteiger partial charge in [0.15, 0.2) is 0 Å². The number of para-hydroxylation sites is 1. The SMILES string of the molecule is C=C/C=C(\C=C)N(c1ccc2ccccc2c1)c1ccccc1C. The minimum absolute atomic E-state index is 0.995. The lowest BCUT2D eigenvalue weighted by Gasteiger charge is -2.28. The summed E-state index contributed by atoms with van der Waals surface area (Å²) in [5.41, 5.74) is 4.45. The fourth-order valence-electron chi connectivity index (χ4n) is 2.91. The quantitative estimate of drug-likeness (QED) is 0.483. The number of benzene rings is 3. The first kappa shape index (κ1) is 15.8. The molecule has 0 bridgehead atoms. The summed E-state index contributed by atoms with van der Waals surface area (Å²) < 4.78 is 0. The van der Waals surface area contributed by atoms with E-state index in [-0.39, 0.29) is 0 Å². The Labute approximate surface area is 143 Å². The molecule has 3 rings (SSSR count). The molecule has 0 saturated carbocycles. The highest BCUT2D eigenvalue weighted by Crippen LogP contribution is 2.34. The van der Waals surface area contributed by atoms with Gasteiger partial charge >= 0.3 is 0 Å². The summed E-state index contributed by atoms with van der Waals surface area (Å²) in [6.07, 6.45) is 5.64. The van der Waals surface area contributed by atoms with E-state index in [1.54, 1.807) is 6.08 Å². The van der Waals surface area contributed by atoms with E-state index in [1.807, 2.05) is 12.2 Å². The molecule has 0 unspecified atom stereocenters. The molecule has 0 heterocycles. The summed E-state index contributed by atoms with van der Waals surface area (Å²) in [5.74, 6) is 0. The van der Waals surface area contributed by atoms with Gasteiger partial charge in [-0.3, -0.25) is 0 Å². The molecule has 0 aliphatic carbocycles. The summed E-state index contributed by atoms with van der Waals surface area (Å²) >= 11 is 0. The molecule has 3 aromatic rings. The highest BCUT2D eigenvalue weighted by molar-refractivity contribution is 5.88. The van der Waals surface area contributed by atoms with Crippen LogP contribution >= 0.6 is 0 Å². The monoisotopic (exact) mass is 311 g/mol. The molecule has 1 nitrogen and oxygen atoms in total. The molecule has 118 valence electrons. The zero-order valence-corrected chi connectivity index (χ0v) is 13.9. The fourth-order valence-corrected chi connectivity index (χ4v) is 2.91. The third-order valence-corrected chi connectivity index (χ3v) is 4.10. The van der Waals surface area contributed by atoms with Crippen LogP contribution in [0.4, 0.5) is 11.4 Å². The average molecular weight is 311 g/mol. The van der Waals surface area contributed by atoms with Crippen LogP contribution in [0.15, 0.2) is 104 Å². The van der Waals surface area contributed by atoms with Crippen molar-refractivity contribution in [2.75, 3.05) is 4.90 Å². The van der Waals surface area contributed by atoms with Gasteiger partial charge in [0.2, 0.25) is 0 Å². The molecule has 0 radical (unpaired) electrons. The molecule has 0 saturated heterocycles. The second kappa shape index (κ2) is 7.01. The van der Waals surface area contributed by atoms with E-state index < -0.39 is 0 Å². The Morgan fingerprint density at radius 1 is 0.875 bits per heavy atom. The van der Waals surface area contributed by atoms with Crippen molar-refractivity contribution in [1.29, 1.82) is 0 Å². The van der Waals surface area contributed by atoms with Crippen LogP contribution in [0.1, 0.15) is 5.56 Å². The zero-order valence-electron chi connectivity index (χ0n) is 13.9. The second-order valence-electron chi connectivity index (χ2n) is 5.68. The largest absolute Gasteiger partial charge is 0.310 e. The number of fused-ring (bicyclic) bond motifs is 1.